The lowest BCUT2D eigenvalue weighted by Gasteiger charge is -2.15. The zero-order valence-electron chi connectivity index (χ0n) is 7.49. The molecule has 0 saturated carbocycles. The molecule has 0 amide bonds. The van der Waals surface area contributed by atoms with Gasteiger partial charge in [-0.2, -0.15) is 0 Å². The highest BCUT2D eigenvalue weighted by atomic mass is 16.6. The fraction of sp³-hybridized carbons (Fsp3) is 0.429. The van der Waals surface area contributed by atoms with Crippen LogP contribution < -0.4 is 0 Å². The zero-order valence-corrected chi connectivity index (χ0v) is 5.49. The van der Waals surface area contributed by atoms with Crippen molar-refractivity contribution in [2.45, 2.75) is 12.0 Å². The Balaban J connectivity index is 2.35. The third kappa shape index (κ3) is 0.753. The van der Waals surface area contributed by atoms with Crippen molar-refractivity contribution in [2.24, 2.45) is 0 Å². The highest BCUT2D eigenvalue weighted by Crippen LogP contribution is 2.29. The second kappa shape index (κ2) is 1.84. The van der Waals surface area contributed by atoms with Crippen LogP contribution in [0.15, 0.2) is 12.3 Å². The number of ether oxygens (including phenoxy) is 2. The minimum absolute atomic E-state index is 0.266. The van der Waals surface area contributed by atoms with Crippen molar-refractivity contribution in [2.75, 3.05) is 6.61 Å². The molecule has 1 fully saturated rings. The number of esters is 1. The van der Waals surface area contributed by atoms with Crippen molar-refractivity contribution < 1.29 is 21.8 Å². The molecule has 0 aliphatic carbocycles. The van der Waals surface area contributed by atoms with Crippen molar-refractivity contribution in [3.8, 4) is 0 Å². The van der Waals surface area contributed by atoms with E-state index in [0.717, 1.165) is 6.08 Å². The lowest BCUT2D eigenvalue weighted by Crippen LogP contribution is -2.36. The summed E-state index contributed by atoms with van der Waals surface area (Å²) in [5, 5.41) is 0. The Morgan fingerprint density at radius 2 is 2.55 bits per heavy atom. The number of hydrogen-bond donors (Lipinski definition) is 0. The van der Waals surface area contributed by atoms with E-state index in [0.29, 0.717) is 0 Å². The predicted molar refractivity (Wildman–Crippen MR) is 33.5 cm³/mol. The number of ketones is 1. The Morgan fingerprint density at radius 1 is 1.73 bits per heavy atom. The molecule has 0 aromatic rings. The second-order valence-corrected chi connectivity index (χ2v) is 2.37. The van der Waals surface area contributed by atoms with E-state index in [1.54, 1.807) is 0 Å². The maximum atomic E-state index is 11.3. The second-order valence-electron chi connectivity index (χ2n) is 2.37. The summed E-state index contributed by atoms with van der Waals surface area (Å²) < 4.78 is 23.8. The Labute approximate surface area is 65.6 Å². The summed E-state index contributed by atoms with van der Waals surface area (Å²) >= 11 is 0. The average molecular weight is 156 g/mol. The number of carbonyl (C=O) groups is 2. The lowest BCUT2D eigenvalue weighted by molar-refractivity contribution is -0.137. The maximum Gasteiger partial charge on any atom is 0.310 e. The molecule has 4 nitrogen and oxygen atoms in total. The molecule has 0 bridgehead atoms. The Morgan fingerprint density at radius 3 is 3.00 bits per heavy atom. The van der Waals surface area contributed by atoms with Crippen LogP contribution in [0, 0.1) is 0 Å². The summed E-state index contributed by atoms with van der Waals surface area (Å²) in [5.41, 5.74) is -1.58. The predicted octanol–water partition coefficient (Wildman–Crippen LogP) is -0.215. The molecule has 0 radical (unpaired) electrons. The van der Waals surface area contributed by atoms with Crippen molar-refractivity contribution >= 4 is 11.8 Å². The highest BCUT2D eigenvalue weighted by molar-refractivity contribution is 6.02. The van der Waals surface area contributed by atoms with Crippen molar-refractivity contribution in [1.29, 1.82) is 0 Å². The van der Waals surface area contributed by atoms with E-state index in [-0.39, 0.29) is 12.8 Å². The van der Waals surface area contributed by atoms with Crippen molar-refractivity contribution in [3.05, 3.63) is 12.3 Å². The summed E-state index contributed by atoms with van der Waals surface area (Å²) in [7, 11) is 0. The van der Waals surface area contributed by atoms with Crippen molar-refractivity contribution in [1.82, 2.24) is 0 Å². The van der Waals surface area contributed by atoms with Gasteiger partial charge in [0.15, 0.2) is 0 Å². The van der Waals surface area contributed by atoms with Crippen LogP contribution in [-0.2, 0) is 19.1 Å². The number of rotatable bonds is 0. The van der Waals surface area contributed by atoms with E-state index in [9.17, 15) is 9.59 Å². The van der Waals surface area contributed by atoms with Gasteiger partial charge in [-0.3, -0.25) is 9.59 Å². The maximum absolute atomic E-state index is 11.3. The number of cyclic esters (lactones) is 1. The first kappa shape index (κ1) is 4.54. The third-order valence-corrected chi connectivity index (χ3v) is 1.63. The zero-order chi connectivity index (χ0) is 9.64. The topological polar surface area (TPSA) is 52.6 Å². The van der Waals surface area contributed by atoms with Gasteiger partial charge in [0.25, 0.3) is 0 Å². The normalized spacial score (nSPS) is 44.7. The van der Waals surface area contributed by atoms with Crippen LogP contribution in [0.4, 0.5) is 0 Å². The first-order valence-corrected chi connectivity index (χ1v) is 3.07. The van der Waals surface area contributed by atoms with Crippen LogP contribution >= 0.6 is 0 Å². The molecule has 2 rings (SSSR count). The van der Waals surface area contributed by atoms with Crippen LogP contribution in [0.5, 0.6) is 0 Å². The van der Waals surface area contributed by atoms with Gasteiger partial charge in [0.05, 0.1) is 12.6 Å². The van der Waals surface area contributed by atoms with Crippen LogP contribution in [-0.4, -0.2) is 24.0 Å². The summed E-state index contributed by atoms with van der Waals surface area (Å²) in [4.78, 5) is 22.2. The van der Waals surface area contributed by atoms with Gasteiger partial charge in [-0.1, -0.05) is 0 Å². The molecule has 0 aromatic heterocycles. The van der Waals surface area contributed by atoms with E-state index in [4.69, 9.17) is 7.48 Å². The van der Waals surface area contributed by atoms with Crippen LogP contribution in [0.1, 0.15) is 9.14 Å². The molecule has 2 heterocycles. The molecule has 4 heteroatoms. The monoisotopic (exact) mass is 156 g/mol. The molecule has 2 aliphatic heterocycles. The molecule has 58 valence electrons. The summed E-state index contributed by atoms with van der Waals surface area (Å²) in [6.07, 6.45) is -0.733. The standard InChI is InChI=1S/C7H6O4/c8-5-1-2-11-7(5)3-6(9)10-4-7/h1-2H,3-4H2/i2D,3D. The van der Waals surface area contributed by atoms with Gasteiger partial charge >= 0.3 is 5.97 Å². The minimum Gasteiger partial charge on any atom is -0.482 e. The molecule has 1 saturated heterocycles. The smallest absolute Gasteiger partial charge is 0.310 e. The molecule has 0 aromatic carbocycles. The van der Waals surface area contributed by atoms with E-state index in [2.05, 4.69) is 4.74 Å². The molecule has 1 spiro atoms. The minimum atomic E-state index is -1.58. The fourth-order valence-corrected chi connectivity index (χ4v) is 1.01. The van der Waals surface area contributed by atoms with Crippen LogP contribution in [0.25, 0.3) is 0 Å². The van der Waals surface area contributed by atoms with E-state index in [1.807, 2.05) is 0 Å². The van der Waals surface area contributed by atoms with E-state index >= 15 is 0 Å². The molecule has 0 N–H and O–H groups in total. The molecular formula is C7H6O4. The fourth-order valence-electron chi connectivity index (χ4n) is 1.01. The van der Waals surface area contributed by atoms with Crippen LogP contribution in [0.3, 0.4) is 0 Å². The van der Waals surface area contributed by atoms with Gasteiger partial charge < -0.3 is 9.47 Å². The molecular weight excluding hydrogens is 148 g/mol. The first-order chi connectivity index (χ1) is 6.06. The quantitative estimate of drug-likeness (QED) is 0.455. The summed E-state index contributed by atoms with van der Waals surface area (Å²) in [6, 6.07) is 0. The largest absolute Gasteiger partial charge is 0.482 e. The summed E-state index contributed by atoms with van der Waals surface area (Å²) in [6.45, 7) is -0.266. The average Bonchev–Trinajstić information content (AvgIpc) is 2.49. The Bertz CT molecular complexity index is 324. The van der Waals surface area contributed by atoms with Crippen molar-refractivity contribution in [3.63, 3.8) is 0 Å². The first-order valence-electron chi connectivity index (χ1n) is 4.14. The summed E-state index contributed by atoms with van der Waals surface area (Å²) in [5.74, 6) is -1.32. The van der Waals surface area contributed by atoms with E-state index < -0.39 is 23.8 Å². The van der Waals surface area contributed by atoms with Gasteiger partial charge in [0.2, 0.25) is 11.4 Å². The highest BCUT2D eigenvalue weighted by Gasteiger charge is 2.49. The number of hydrogen-bond acceptors (Lipinski definition) is 4. The number of carbonyl (C=O) groups excluding carboxylic acids is 2. The third-order valence-electron chi connectivity index (χ3n) is 1.63. The van der Waals surface area contributed by atoms with Gasteiger partial charge in [-0.25, -0.2) is 0 Å². The SMILES string of the molecule is [2H]C1=CC(=O)C2(COC(=O)C2[2H])O1. The van der Waals surface area contributed by atoms with E-state index in [1.165, 1.54) is 0 Å². The molecule has 11 heavy (non-hydrogen) atoms. The molecule has 2 atom stereocenters. The lowest BCUT2D eigenvalue weighted by atomic mass is 9.99. The van der Waals surface area contributed by atoms with Gasteiger partial charge in [-0.15, -0.1) is 0 Å². The van der Waals surface area contributed by atoms with Gasteiger partial charge in [0.1, 0.15) is 7.98 Å². The van der Waals surface area contributed by atoms with Gasteiger partial charge in [-0.05, 0) is 0 Å². The van der Waals surface area contributed by atoms with Crippen LogP contribution in [0.2, 0.25) is 0 Å². The molecule has 2 unspecified atom stereocenters. The molecule has 2 aliphatic rings. The Hall–Kier alpha value is -1.32. The van der Waals surface area contributed by atoms with Gasteiger partial charge in [0, 0.05) is 7.45 Å². The Kier molecular flexibility index (Phi) is 0.759.